The van der Waals surface area contributed by atoms with E-state index in [-0.39, 0.29) is 18.9 Å². The summed E-state index contributed by atoms with van der Waals surface area (Å²) in [5, 5.41) is 8.86. The number of nitrogens with zero attached hydrogens (tertiary/aromatic N) is 3. The lowest BCUT2D eigenvalue weighted by atomic mass is 9.91. The van der Waals surface area contributed by atoms with Crippen molar-refractivity contribution in [1.82, 2.24) is 9.80 Å². The monoisotopic (exact) mass is 413 g/mol. The molecule has 2 saturated heterocycles. The van der Waals surface area contributed by atoms with Gasteiger partial charge in [-0.1, -0.05) is 25.5 Å². The first-order valence-electron chi connectivity index (χ1n) is 10.3. The molecule has 8 heteroatoms. The zero-order valence-corrected chi connectivity index (χ0v) is 17.3. The highest BCUT2D eigenvalue weighted by Gasteiger charge is 2.48. The molecule has 2 aliphatic rings. The molecule has 0 unspecified atom stereocenters. The van der Waals surface area contributed by atoms with Gasteiger partial charge in [-0.25, -0.2) is 4.79 Å². The maximum Gasteiger partial charge on any atom is 0.411 e. The molecule has 3 rings (SSSR count). The molecule has 160 valence electrons. The minimum absolute atomic E-state index is 0.00948. The topological polar surface area (TPSA) is 99.9 Å². The van der Waals surface area contributed by atoms with Gasteiger partial charge in [0.15, 0.2) is 0 Å². The SMILES string of the molecule is CCCCOC(=O)CN1CC2(CCN(C(=O)Cc3ccc(C#N)cc3)CC2)OC1=O. The molecule has 0 bridgehead atoms. The number of amides is 2. The fourth-order valence-corrected chi connectivity index (χ4v) is 3.75. The first kappa shape index (κ1) is 21.6. The summed E-state index contributed by atoms with van der Waals surface area (Å²) >= 11 is 0. The van der Waals surface area contributed by atoms with Crippen molar-refractivity contribution >= 4 is 18.0 Å². The molecule has 2 aliphatic heterocycles. The molecule has 1 aromatic carbocycles. The van der Waals surface area contributed by atoms with Crippen LogP contribution in [0.1, 0.15) is 43.7 Å². The van der Waals surface area contributed by atoms with E-state index in [0.717, 1.165) is 18.4 Å². The maximum atomic E-state index is 12.6. The quantitative estimate of drug-likeness (QED) is 0.502. The molecule has 30 heavy (non-hydrogen) atoms. The van der Waals surface area contributed by atoms with E-state index in [1.807, 2.05) is 6.92 Å². The average Bonchev–Trinajstić information content (AvgIpc) is 3.03. The lowest BCUT2D eigenvalue weighted by molar-refractivity contribution is -0.144. The summed E-state index contributed by atoms with van der Waals surface area (Å²) in [5.74, 6) is -0.414. The van der Waals surface area contributed by atoms with Crippen LogP contribution in [0.25, 0.3) is 0 Å². The maximum absolute atomic E-state index is 12.6. The lowest BCUT2D eigenvalue weighted by Crippen LogP contribution is -2.49. The summed E-state index contributed by atoms with van der Waals surface area (Å²) in [6.45, 7) is 3.60. The highest BCUT2D eigenvalue weighted by molar-refractivity contribution is 5.80. The van der Waals surface area contributed by atoms with E-state index in [0.29, 0.717) is 44.6 Å². The summed E-state index contributed by atoms with van der Waals surface area (Å²) in [6, 6.07) is 9.04. The Morgan fingerprint density at radius 2 is 1.93 bits per heavy atom. The Morgan fingerprint density at radius 3 is 2.57 bits per heavy atom. The van der Waals surface area contributed by atoms with Gasteiger partial charge in [-0.3, -0.25) is 14.5 Å². The number of likely N-dealkylation sites (tertiary alicyclic amines) is 1. The number of nitriles is 1. The molecule has 0 aliphatic carbocycles. The van der Waals surface area contributed by atoms with Crippen molar-refractivity contribution in [3.63, 3.8) is 0 Å². The summed E-state index contributed by atoms with van der Waals surface area (Å²) in [7, 11) is 0. The van der Waals surface area contributed by atoms with Gasteiger partial charge < -0.3 is 14.4 Å². The van der Waals surface area contributed by atoms with Gasteiger partial charge in [-0.05, 0) is 24.1 Å². The van der Waals surface area contributed by atoms with Gasteiger partial charge in [-0.2, -0.15) is 5.26 Å². The molecule has 0 aromatic heterocycles. The summed E-state index contributed by atoms with van der Waals surface area (Å²) < 4.78 is 10.7. The van der Waals surface area contributed by atoms with Gasteiger partial charge in [0, 0.05) is 25.9 Å². The van der Waals surface area contributed by atoms with Crippen LogP contribution in [0.4, 0.5) is 4.79 Å². The van der Waals surface area contributed by atoms with E-state index in [2.05, 4.69) is 6.07 Å². The fourth-order valence-electron chi connectivity index (χ4n) is 3.75. The van der Waals surface area contributed by atoms with Gasteiger partial charge in [0.25, 0.3) is 0 Å². The summed E-state index contributed by atoms with van der Waals surface area (Å²) in [5.41, 5.74) is 0.777. The molecule has 2 heterocycles. The highest BCUT2D eigenvalue weighted by Crippen LogP contribution is 2.33. The zero-order chi connectivity index (χ0) is 21.6. The Morgan fingerprint density at radius 1 is 1.23 bits per heavy atom. The molecule has 2 fully saturated rings. The molecule has 1 aromatic rings. The molecule has 0 atom stereocenters. The smallest absolute Gasteiger partial charge is 0.411 e. The number of carbonyl (C=O) groups excluding carboxylic acids is 3. The Balaban J connectivity index is 1.48. The van der Waals surface area contributed by atoms with Crippen molar-refractivity contribution in [3.05, 3.63) is 35.4 Å². The molecule has 0 N–H and O–H groups in total. The number of piperidine rings is 1. The number of ether oxygens (including phenoxy) is 2. The van der Waals surface area contributed by atoms with Crippen molar-refractivity contribution in [2.24, 2.45) is 0 Å². The third-order valence-corrected chi connectivity index (χ3v) is 5.59. The van der Waals surface area contributed by atoms with Crippen LogP contribution in [0.5, 0.6) is 0 Å². The van der Waals surface area contributed by atoms with Crippen LogP contribution in [-0.2, 0) is 25.5 Å². The van der Waals surface area contributed by atoms with Crippen LogP contribution in [0, 0.1) is 11.3 Å². The first-order valence-corrected chi connectivity index (χ1v) is 10.3. The van der Waals surface area contributed by atoms with Crippen LogP contribution in [0.2, 0.25) is 0 Å². The minimum Gasteiger partial charge on any atom is -0.464 e. The van der Waals surface area contributed by atoms with E-state index >= 15 is 0 Å². The Bertz CT molecular complexity index is 822. The van der Waals surface area contributed by atoms with E-state index in [1.54, 1.807) is 29.2 Å². The predicted octanol–water partition coefficient (Wildman–Crippen LogP) is 2.26. The van der Waals surface area contributed by atoms with Crippen LogP contribution in [0.15, 0.2) is 24.3 Å². The van der Waals surface area contributed by atoms with Gasteiger partial charge in [0.2, 0.25) is 5.91 Å². The van der Waals surface area contributed by atoms with Crippen molar-refractivity contribution in [2.45, 2.75) is 44.6 Å². The number of hydrogen-bond donors (Lipinski definition) is 0. The Labute approximate surface area is 176 Å². The van der Waals surface area contributed by atoms with Crippen LogP contribution in [-0.4, -0.2) is 66.2 Å². The molecule has 1 spiro atoms. The average molecular weight is 413 g/mol. The Hall–Kier alpha value is -3.08. The second-order valence-corrected chi connectivity index (χ2v) is 7.85. The molecule has 0 saturated carbocycles. The lowest BCUT2D eigenvalue weighted by Gasteiger charge is -2.37. The standard InChI is InChI=1S/C22H27N3O5/c1-2-3-12-29-20(27)15-25-16-22(30-21(25)28)8-10-24(11-9-22)19(26)13-17-4-6-18(14-23)7-5-17/h4-7H,2-3,8-13,15-16H2,1H3. The van der Waals surface area contributed by atoms with Gasteiger partial charge in [0.1, 0.15) is 12.1 Å². The number of hydrogen-bond acceptors (Lipinski definition) is 6. The number of unbranched alkanes of at least 4 members (excludes halogenated alkanes) is 1. The number of benzene rings is 1. The number of carbonyl (C=O) groups is 3. The molecule has 0 radical (unpaired) electrons. The molecular formula is C22H27N3O5. The van der Waals surface area contributed by atoms with Gasteiger partial charge >= 0.3 is 12.1 Å². The van der Waals surface area contributed by atoms with E-state index in [4.69, 9.17) is 14.7 Å². The van der Waals surface area contributed by atoms with E-state index < -0.39 is 17.7 Å². The predicted molar refractivity (Wildman–Crippen MR) is 107 cm³/mol. The van der Waals surface area contributed by atoms with Crippen molar-refractivity contribution in [3.8, 4) is 6.07 Å². The first-order chi connectivity index (χ1) is 14.4. The zero-order valence-electron chi connectivity index (χ0n) is 17.3. The summed E-state index contributed by atoms with van der Waals surface area (Å²) in [6.07, 6.45) is 2.58. The van der Waals surface area contributed by atoms with Crippen LogP contribution >= 0.6 is 0 Å². The van der Waals surface area contributed by atoms with Crippen molar-refractivity contribution < 1.29 is 23.9 Å². The van der Waals surface area contributed by atoms with Crippen molar-refractivity contribution in [1.29, 1.82) is 5.26 Å². The third-order valence-electron chi connectivity index (χ3n) is 5.59. The van der Waals surface area contributed by atoms with E-state index in [9.17, 15) is 14.4 Å². The molecule has 8 nitrogen and oxygen atoms in total. The van der Waals surface area contributed by atoms with Crippen LogP contribution in [0.3, 0.4) is 0 Å². The number of esters is 1. The molecular weight excluding hydrogens is 386 g/mol. The second-order valence-electron chi connectivity index (χ2n) is 7.85. The van der Waals surface area contributed by atoms with Crippen molar-refractivity contribution in [2.75, 3.05) is 32.8 Å². The van der Waals surface area contributed by atoms with Crippen LogP contribution < -0.4 is 0 Å². The normalized spacial score (nSPS) is 17.5. The van der Waals surface area contributed by atoms with E-state index in [1.165, 1.54) is 4.90 Å². The fraction of sp³-hybridized carbons (Fsp3) is 0.545. The third kappa shape index (κ3) is 5.29. The minimum atomic E-state index is -0.647. The molecule has 2 amide bonds. The van der Waals surface area contributed by atoms with Gasteiger partial charge in [0.05, 0.1) is 31.2 Å². The number of rotatable bonds is 7. The Kier molecular flexibility index (Phi) is 6.93. The summed E-state index contributed by atoms with van der Waals surface area (Å²) in [4.78, 5) is 39.9. The van der Waals surface area contributed by atoms with Gasteiger partial charge in [-0.15, -0.1) is 0 Å². The highest BCUT2D eigenvalue weighted by atomic mass is 16.6. The largest absolute Gasteiger partial charge is 0.464 e. The second kappa shape index (κ2) is 9.61.